The number of halogens is 1. The fourth-order valence-electron chi connectivity index (χ4n) is 1.43. The van der Waals surface area contributed by atoms with E-state index in [0.717, 1.165) is 11.1 Å². The second-order valence-corrected chi connectivity index (χ2v) is 3.32. The molecule has 0 saturated heterocycles. The second kappa shape index (κ2) is 3.29. The van der Waals surface area contributed by atoms with Crippen molar-refractivity contribution in [2.75, 3.05) is 0 Å². The molecule has 14 heavy (non-hydrogen) atoms. The van der Waals surface area contributed by atoms with Gasteiger partial charge >= 0.3 is 0 Å². The van der Waals surface area contributed by atoms with E-state index in [4.69, 9.17) is 4.42 Å². The van der Waals surface area contributed by atoms with Crippen molar-refractivity contribution in [3.05, 3.63) is 47.5 Å². The highest BCUT2D eigenvalue weighted by atomic mass is 19.1. The first-order valence-electron chi connectivity index (χ1n) is 4.51. The van der Waals surface area contributed by atoms with E-state index in [1.165, 1.54) is 0 Å². The zero-order valence-electron chi connectivity index (χ0n) is 8.17. The van der Waals surface area contributed by atoms with E-state index in [-0.39, 0.29) is 0 Å². The summed E-state index contributed by atoms with van der Waals surface area (Å²) in [6.07, 6.45) is 0. The fourth-order valence-corrected chi connectivity index (χ4v) is 1.43. The van der Waals surface area contributed by atoms with Crippen molar-refractivity contribution in [1.29, 1.82) is 0 Å². The van der Waals surface area contributed by atoms with Gasteiger partial charge in [-0.2, -0.15) is 4.39 Å². The molecular formula is C12H11FO. The minimum atomic E-state index is -0.485. The van der Waals surface area contributed by atoms with Gasteiger partial charge in [0.2, 0.25) is 0 Å². The maximum absolute atomic E-state index is 13.1. The highest BCUT2D eigenvalue weighted by Gasteiger charge is 2.13. The molecule has 72 valence electrons. The van der Waals surface area contributed by atoms with E-state index >= 15 is 0 Å². The van der Waals surface area contributed by atoms with Crippen LogP contribution < -0.4 is 0 Å². The van der Waals surface area contributed by atoms with E-state index < -0.39 is 6.01 Å². The molecule has 1 aromatic heterocycles. The van der Waals surface area contributed by atoms with Crippen LogP contribution in [0.5, 0.6) is 0 Å². The molecule has 0 radical (unpaired) electrons. The van der Waals surface area contributed by atoms with Crippen LogP contribution in [-0.4, -0.2) is 0 Å². The summed E-state index contributed by atoms with van der Waals surface area (Å²) >= 11 is 0. The minimum Gasteiger partial charge on any atom is -0.431 e. The number of hydrogen-bond donors (Lipinski definition) is 0. The summed E-state index contributed by atoms with van der Waals surface area (Å²) in [6.45, 7) is 3.59. The number of hydrogen-bond acceptors (Lipinski definition) is 1. The third kappa shape index (κ3) is 1.33. The Balaban J connectivity index is 2.58. The molecule has 0 spiro atoms. The molecular weight excluding hydrogens is 179 g/mol. The van der Waals surface area contributed by atoms with Crippen molar-refractivity contribution in [2.45, 2.75) is 13.8 Å². The molecule has 2 heteroatoms. The van der Waals surface area contributed by atoms with Gasteiger partial charge in [0.25, 0.3) is 6.01 Å². The normalized spacial score (nSPS) is 10.5. The molecule has 2 aromatic rings. The maximum Gasteiger partial charge on any atom is 0.281 e. The van der Waals surface area contributed by atoms with Crippen molar-refractivity contribution in [3.8, 4) is 11.3 Å². The predicted octanol–water partition coefficient (Wildman–Crippen LogP) is 3.70. The Hall–Kier alpha value is -1.57. The van der Waals surface area contributed by atoms with Crippen molar-refractivity contribution >= 4 is 0 Å². The topological polar surface area (TPSA) is 13.1 Å². The van der Waals surface area contributed by atoms with Crippen molar-refractivity contribution < 1.29 is 8.81 Å². The van der Waals surface area contributed by atoms with Crippen molar-refractivity contribution in [1.82, 2.24) is 0 Å². The molecule has 0 atom stereocenters. The van der Waals surface area contributed by atoms with Crippen LogP contribution in [0.3, 0.4) is 0 Å². The lowest BCUT2D eigenvalue weighted by Crippen LogP contribution is -1.78. The van der Waals surface area contributed by atoms with Gasteiger partial charge in [-0.25, -0.2) is 0 Å². The average molecular weight is 190 g/mol. The molecule has 0 aliphatic rings. The molecule has 0 bridgehead atoms. The van der Waals surface area contributed by atoms with Crippen LogP contribution in [0.25, 0.3) is 11.3 Å². The van der Waals surface area contributed by atoms with E-state index in [2.05, 4.69) is 0 Å². The number of furan rings is 1. The second-order valence-electron chi connectivity index (χ2n) is 3.32. The predicted molar refractivity (Wildman–Crippen MR) is 53.6 cm³/mol. The van der Waals surface area contributed by atoms with E-state index in [1.54, 1.807) is 6.92 Å². The lowest BCUT2D eigenvalue weighted by atomic mass is 10.1. The molecule has 0 unspecified atom stereocenters. The smallest absolute Gasteiger partial charge is 0.281 e. The largest absolute Gasteiger partial charge is 0.431 e. The molecule has 0 N–H and O–H groups in total. The van der Waals surface area contributed by atoms with Crippen molar-refractivity contribution in [2.24, 2.45) is 0 Å². The van der Waals surface area contributed by atoms with Crippen LogP contribution in [0.4, 0.5) is 4.39 Å². The summed E-state index contributed by atoms with van der Waals surface area (Å²) in [5.41, 5.74) is 2.37. The Bertz CT molecular complexity index is 443. The van der Waals surface area contributed by atoms with Crippen LogP contribution in [0.15, 0.2) is 34.7 Å². The summed E-state index contributed by atoms with van der Waals surface area (Å²) in [4.78, 5) is 0. The zero-order valence-corrected chi connectivity index (χ0v) is 8.17. The van der Waals surface area contributed by atoms with E-state index in [1.807, 2.05) is 37.3 Å². The zero-order chi connectivity index (χ0) is 10.1. The molecule has 0 fully saturated rings. The average Bonchev–Trinajstić information content (AvgIpc) is 2.47. The molecule has 1 nitrogen and oxygen atoms in total. The number of rotatable bonds is 1. The van der Waals surface area contributed by atoms with E-state index in [0.29, 0.717) is 11.3 Å². The summed E-state index contributed by atoms with van der Waals surface area (Å²) in [7, 11) is 0. The van der Waals surface area contributed by atoms with Crippen LogP contribution in [0.1, 0.15) is 11.1 Å². The van der Waals surface area contributed by atoms with Gasteiger partial charge in [-0.3, -0.25) is 0 Å². The van der Waals surface area contributed by atoms with Crippen LogP contribution in [0.2, 0.25) is 0 Å². The third-order valence-corrected chi connectivity index (χ3v) is 2.43. The first-order valence-corrected chi connectivity index (χ1v) is 4.51. The van der Waals surface area contributed by atoms with Crippen LogP contribution >= 0.6 is 0 Å². The molecule has 0 saturated carbocycles. The van der Waals surface area contributed by atoms with Gasteiger partial charge in [0, 0.05) is 16.7 Å². The molecule has 0 amide bonds. The summed E-state index contributed by atoms with van der Waals surface area (Å²) < 4.78 is 18.2. The Morgan fingerprint density at radius 2 is 1.64 bits per heavy atom. The summed E-state index contributed by atoms with van der Waals surface area (Å²) in [5, 5.41) is 0. The Morgan fingerprint density at radius 1 is 1.00 bits per heavy atom. The van der Waals surface area contributed by atoms with E-state index in [9.17, 15) is 4.39 Å². The molecule has 0 aliphatic heterocycles. The Labute approximate surface area is 82.2 Å². The fraction of sp³-hybridized carbons (Fsp3) is 0.167. The Morgan fingerprint density at radius 3 is 2.14 bits per heavy atom. The summed E-state index contributed by atoms with van der Waals surface area (Å²) in [5.74, 6) is 0.626. The van der Waals surface area contributed by atoms with Gasteiger partial charge in [-0.15, -0.1) is 0 Å². The van der Waals surface area contributed by atoms with Gasteiger partial charge in [0.15, 0.2) is 0 Å². The SMILES string of the molecule is Cc1c(F)oc(-c2ccccc2)c1C. The first-order chi connectivity index (χ1) is 6.70. The van der Waals surface area contributed by atoms with Crippen molar-refractivity contribution in [3.63, 3.8) is 0 Å². The Kier molecular flexibility index (Phi) is 2.12. The minimum absolute atomic E-state index is 0.485. The quantitative estimate of drug-likeness (QED) is 0.668. The van der Waals surface area contributed by atoms with Gasteiger partial charge < -0.3 is 4.42 Å². The van der Waals surface area contributed by atoms with Gasteiger partial charge in [0.1, 0.15) is 5.76 Å². The van der Waals surface area contributed by atoms with Gasteiger partial charge in [-0.05, 0) is 13.8 Å². The molecule has 2 rings (SSSR count). The van der Waals surface area contributed by atoms with Gasteiger partial charge in [0.05, 0.1) is 0 Å². The number of benzene rings is 1. The highest BCUT2D eigenvalue weighted by Crippen LogP contribution is 2.29. The third-order valence-electron chi connectivity index (χ3n) is 2.43. The van der Waals surface area contributed by atoms with Crippen LogP contribution in [0, 0.1) is 19.9 Å². The van der Waals surface area contributed by atoms with Crippen LogP contribution in [-0.2, 0) is 0 Å². The summed E-state index contributed by atoms with van der Waals surface area (Å²) in [6, 6.07) is 9.07. The maximum atomic E-state index is 13.1. The molecule has 1 aromatic carbocycles. The molecule has 0 aliphatic carbocycles. The lowest BCUT2D eigenvalue weighted by molar-refractivity contribution is 0.362. The lowest BCUT2D eigenvalue weighted by Gasteiger charge is -1.96. The van der Waals surface area contributed by atoms with Gasteiger partial charge in [-0.1, -0.05) is 30.3 Å². The first kappa shape index (κ1) is 9.00. The standard InChI is InChI=1S/C12H11FO/c1-8-9(2)12(13)14-11(8)10-6-4-3-5-7-10/h3-7H,1-2H3. The molecule has 1 heterocycles. The monoisotopic (exact) mass is 190 g/mol. The highest BCUT2D eigenvalue weighted by molar-refractivity contribution is 5.62.